The highest BCUT2D eigenvalue weighted by Crippen LogP contribution is 2.39. The van der Waals surface area contributed by atoms with Crippen molar-refractivity contribution in [3.8, 4) is 0 Å². The van der Waals surface area contributed by atoms with Crippen molar-refractivity contribution in [3.63, 3.8) is 0 Å². The molecule has 0 unspecified atom stereocenters. The summed E-state index contributed by atoms with van der Waals surface area (Å²) in [6.07, 6.45) is -4.69. The second-order valence-corrected chi connectivity index (χ2v) is 4.01. The summed E-state index contributed by atoms with van der Waals surface area (Å²) in [6, 6.07) is 6.38. The molecule has 0 amide bonds. The van der Waals surface area contributed by atoms with Crippen LogP contribution in [0.25, 0.3) is 10.8 Å². The SMILES string of the molecule is O=C(O)c1cc(C(F)(F)F)c(Cl)c2ccccc12. The lowest BCUT2D eigenvalue weighted by Crippen LogP contribution is -2.09. The average molecular weight is 275 g/mol. The van der Waals surface area contributed by atoms with Gasteiger partial charge in [-0.3, -0.25) is 0 Å². The van der Waals surface area contributed by atoms with E-state index in [2.05, 4.69) is 0 Å². The fourth-order valence-corrected chi connectivity index (χ4v) is 2.05. The van der Waals surface area contributed by atoms with Crippen LogP contribution < -0.4 is 0 Å². The Labute approximate surface area is 105 Å². The first-order chi connectivity index (χ1) is 8.32. The zero-order valence-electron chi connectivity index (χ0n) is 8.75. The number of fused-ring (bicyclic) bond motifs is 1. The summed E-state index contributed by atoms with van der Waals surface area (Å²) in [7, 11) is 0. The largest absolute Gasteiger partial charge is 0.478 e. The van der Waals surface area contributed by atoms with Gasteiger partial charge in [0.15, 0.2) is 0 Å². The van der Waals surface area contributed by atoms with Gasteiger partial charge < -0.3 is 5.11 Å². The molecule has 2 aromatic carbocycles. The van der Waals surface area contributed by atoms with Crippen LogP contribution in [0.15, 0.2) is 30.3 Å². The fraction of sp³-hybridized carbons (Fsp3) is 0.0833. The third kappa shape index (κ3) is 2.01. The van der Waals surface area contributed by atoms with E-state index in [9.17, 15) is 18.0 Å². The number of halogens is 4. The smallest absolute Gasteiger partial charge is 0.417 e. The van der Waals surface area contributed by atoms with Gasteiger partial charge in [0.1, 0.15) is 0 Å². The van der Waals surface area contributed by atoms with E-state index in [0.717, 1.165) is 0 Å². The highest BCUT2D eigenvalue weighted by atomic mass is 35.5. The summed E-state index contributed by atoms with van der Waals surface area (Å²) in [5.74, 6) is -1.42. The predicted octanol–water partition coefficient (Wildman–Crippen LogP) is 4.21. The molecule has 2 aromatic rings. The monoisotopic (exact) mass is 274 g/mol. The van der Waals surface area contributed by atoms with E-state index in [1.807, 2.05) is 0 Å². The van der Waals surface area contributed by atoms with Crippen molar-refractivity contribution in [1.29, 1.82) is 0 Å². The number of carboxylic acids is 1. The molecule has 0 saturated carbocycles. The molecule has 0 aliphatic rings. The normalized spacial score (nSPS) is 11.8. The number of hydrogen-bond acceptors (Lipinski definition) is 1. The molecule has 2 rings (SSSR count). The van der Waals surface area contributed by atoms with E-state index < -0.39 is 28.3 Å². The second-order valence-electron chi connectivity index (χ2n) is 3.63. The van der Waals surface area contributed by atoms with Crippen LogP contribution in [-0.2, 0) is 6.18 Å². The summed E-state index contributed by atoms with van der Waals surface area (Å²) in [5.41, 5.74) is -1.55. The van der Waals surface area contributed by atoms with Gasteiger partial charge in [-0.2, -0.15) is 13.2 Å². The van der Waals surface area contributed by atoms with Gasteiger partial charge in [-0.05, 0) is 11.5 Å². The summed E-state index contributed by atoms with van der Waals surface area (Å²) >= 11 is 5.69. The maximum Gasteiger partial charge on any atom is 0.417 e. The van der Waals surface area contributed by atoms with Crippen LogP contribution in [-0.4, -0.2) is 11.1 Å². The van der Waals surface area contributed by atoms with Crippen LogP contribution in [0.1, 0.15) is 15.9 Å². The van der Waals surface area contributed by atoms with Crippen molar-refractivity contribution in [1.82, 2.24) is 0 Å². The number of carbonyl (C=O) groups is 1. The maximum absolute atomic E-state index is 12.7. The van der Waals surface area contributed by atoms with Gasteiger partial charge in [0.05, 0.1) is 16.1 Å². The highest BCUT2D eigenvalue weighted by Gasteiger charge is 2.35. The Balaban J connectivity index is 2.92. The van der Waals surface area contributed by atoms with Crippen molar-refractivity contribution in [2.24, 2.45) is 0 Å². The van der Waals surface area contributed by atoms with Crippen molar-refractivity contribution in [2.75, 3.05) is 0 Å². The Morgan fingerprint density at radius 1 is 1.17 bits per heavy atom. The lowest BCUT2D eigenvalue weighted by atomic mass is 10.0. The van der Waals surface area contributed by atoms with Crippen LogP contribution in [0.3, 0.4) is 0 Å². The second kappa shape index (κ2) is 4.17. The predicted molar refractivity (Wildman–Crippen MR) is 60.9 cm³/mol. The molecule has 0 aliphatic heterocycles. The van der Waals surface area contributed by atoms with E-state index in [-0.39, 0.29) is 10.8 Å². The summed E-state index contributed by atoms with van der Waals surface area (Å²) in [6.45, 7) is 0. The molecular formula is C12H6ClF3O2. The topological polar surface area (TPSA) is 37.3 Å². The Morgan fingerprint density at radius 2 is 1.72 bits per heavy atom. The molecule has 0 radical (unpaired) electrons. The third-order valence-corrected chi connectivity index (χ3v) is 2.92. The Bertz CT molecular complexity index is 635. The van der Waals surface area contributed by atoms with Crippen LogP contribution in [0.4, 0.5) is 13.2 Å². The quantitative estimate of drug-likeness (QED) is 0.846. The van der Waals surface area contributed by atoms with E-state index in [1.165, 1.54) is 18.2 Å². The van der Waals surface area contributed by atoms with Crippen LogP contribution >= 0.6 is 11.6 Å². The van der Waals surface area contributed by atoms with Gasteiger partial charge in [-0.15, -0.1) is 0 Å². The minimum Gasteiger partial charge on any atom is -0.478 e. The Morgan fingerprint density at radius 3 is 2.22 bits per heavy atom. The summed E-state index contributed by atoms with van der Waals surface area (Å²) in [4.78, 5) is 11.0. The number of aromatic carboxylic acids is 1. The van der Waals surface area contributed by atoms with E-state index >= 15 is 0 Å². The zero-order valence-corrected chi connectivity index (χ0v) is 9.51. The van der Waals surface area contributed by atoms with Gasteiger partial charge in [0, 0.05) is 5.39 Å². The molecule has 0 atom stereocenters. The van der Waals surface area contributed by atoms with E-state index in [1.54, 1.807) is 6.07 Å². The molecule has 0 fully saturated rings. The van der Waals surface area contributed by atoms with Crippen molar-refractivity contribution in [3.05, 3.63) is 46.5 Å². The van der Waals surface area contributed by atoms with Crippen LogP contribution in [0, 0.1) is 0 Å². The fourth-order valence-electron chi connectivity index (χ4n) is 1.72. The molecule has 6 heteroatoms. The van der Waals surface area contributed by atoms with Gasteiger partial charge in [0.2, 0.25) is 0 Å². The lowest BCUT2D eigenvalue weighted by Gasteiger charge is -2.13. The first-order valence-corrected chi connectivity index (χ1v) is 5.22. The third-order valence-electron chi connectivity index (χ3n) is 2.51. The lowest BCUT2D eigenvalue weighted by molar-refractivity contribution is -0.137. The zero-order chi connectivity index (χ0) is 13.5. The number of hydrogen-bond donors (Lipinski definition) is 1. The summed E-state index contributed by atoms with van der Waals surface area (Å²) < 4.78 is 38.2. The van der Waals surface area contributed by atoms with Gasteiger partial charge in [0.25, 0.3) is 0 Å². The van der Waals surface area contributed by atoms with Gasteiger partial charge in [-0.1, -0.05) is 35.9 Å². The first kappa shape index (κ1) is 12.7. The van der Waals surface area contributed by atoms with E-state index in [4.69, 9.17) is 16.7 Å². The summed E-state index contributed by atoms with van der Waals surface area (Å²) in [5, 5.41) is 8.73. The first-order valence-electron chi connectivity index (χ1n) is 4.84. The molecule has 0 spiro atoms. The number of carboxylic acid groups (broad SMARTS) is 1. The van der Waals surface area contributed by atoms with E-state index in [0.29, 0.717) is 6.07 Å². The number of rotatable bonds is 1. The molecule has 1 N–H and O–H groups in total. The number of benzene rings is 2. The Hall–Kier alpha value is -1.75. The molecule has 0 aliphatic carbocycles. The molecular weight excluding hydrogens is 269 g/mol. The Kier molecular flexibility index (Phi) is 2.94. The van der Waals surface area contributed by atoms with Crippen LogP contribution in [0.2, 0.25) is 5.02 Å². The highest BCUT2D eigenvalue weighted by molar-refractivity contribution is 6.37. The van der Waals surface area contributed by atoms with Gasteiger partial charge in [-0.25, -0.2) is 4.79 Å². The number of alkyl halides is 3. The van der Waals surface area contributed by atoms with Crippen molar-refractivity contribution >= 4 is 28.3 Å². The molecule has 0 heterocycles. The molecule has 18 heavy (non-hydrogen) atoms. The molecule has 2 nitrogen and oxygen atoms in total. The minimum atomic E-state index is -4.69. The standard InChI is InChI=1S/C12H6ClF3O2/c13-10-7-4-2-1-3-6(7)8(11(17)18)5-9(10)12(14,15)16/h1-5H,(H,17,18). The minimum absolute atomic E-state index is 0.0754. The maximum atomic E-state index is 12.7. The molecule has 0 aromatic heterocycles. The van der Waals surface area contributed by atoms with Crippen LogP contribution in [0.5, 0.6) is 0 Å². The molecule has 0 bridgehead atoms. The molecule has 0 saturated heterocycles. The van der Waals surface area contributed by atoms with Crippen molar-refractivity contribution in [2.45, 2.75) is 6.18 Å². The van der Waals surface area contributed by atoms with Gasteiger partial charge >= 0.3 is 12.1 Å². The average Bonchev–Trinajstić information content (AvgIpc) is 2.27. The van der Waals surface area contributed by atoms with Crippen molar-refractivity contribution < 1.29 is 23.1 Å². The molecule has 94 valence electrons.